The fourth-order valence-corrected chi connectivity index (χ4v) is 2.32. The third kappa shape index (κ3) is 2.86. The van der Waals surface area contributed by atoms with Crippen molar-refractivity contribution in [2.45, 2.75) is 39.5 Å². The maximum atomic E-state index is 10.9. The van der Waals surface area contributed by atoms with E-state index < -0.39 is 0 Å². The van der Waals surface area contributed by atoms with Gasteiger partial charge in [0.1, 0.15) is 6.29 Å². The first-order chi connectivity index (χ1) is 8.60. The van der Waals surface area contributed by atoms with Crippen LogP contribution >= 0.6 is 0 Å². The molecule has 1 aromatic heterocycles. The zero-order chi connectivity index (χ0) is 13.1. The highest BCUT2D eigenvalue weighted by atomic mass is 16.1. The highest BCUT2D eigenvalue weighted by Gasteiger charge is 2.21. The topological polar surface area (TPSA) is 46.1 Å². The Morgan fingerprint density at radius 1 is 1.44 bits per heavy atom. The standard InChI is InChI=1S/C14H21N3O/c1-10(2)13-7-11(3)15-14(16-13)17-6-4-5-12(8-17)9-18/h7,9-10,12H,4-6,8H2,1-3H3. The summed E-state index contributed by atoms with van der Waals surface area (Å²) in [7, 11) is 0. The van der Waals surface area contributed by atoms with Crippen molar-refractivity contribution in [2.24, 2.45) is 5.92 Å². The minimum absolute atomic E-state index is 0.130. The summed E-state index contributed by atoms with van der Waals surface area (Å²) < 4.78 is 0. The maximum Gasteiger partial charge on any atom is 0.225 e. The van der Waals surface area contributed by atoms with Crippen molar-refractivity contribution in [3.8, 4) is 0 Å². The Kier molecular flexibility index (Phi) is 3.94. The molecule has 1 aliphatic rings. The summed E-state index contributed by atoms with van der Waals surface area (Å²) in [6.07, 6.45) is 3.09. The molecule has 2 heterocycles. The molecule has 0 N–H and O–H groups in total. The van der Waals surface area contributed by atoms with Gasteiger partial charge in [-0.1, -0.05) is 13.8 Å². The van der Waals surface area contributed by atoms with Crippen molar-refractivity contribution in [1.29, 1.82) is 0 Å². The van der Waals surface area contributed by atoms with E-state index in [9.17, 15) is 4.79 Å². The number of aryl methyl sites for hydroxylation is 1. The van der Waals surface area contributed by atoms with Gasteiger partial charge in [-0.2, -0.15) is 0 Å². The molecule has 1 aliphatic heterocycles. The van der Waals surface area contributed by atoms with Crippen molar-refractivity contribution in [3.63, 3.8) is 0 Å². The average molecular weight is 247 g/mol. The van der Waals surface area contributed by atoms with E-state index in [-0.39, 0.29) is 5.92 Å². The van der Waals surface area contributed by atoms with Crippen molar-refractivity contribution >= 4 is 12.2 Å². The Morgan fingerprint density at radius 2 is 2.22 bits per heavy atom. The lowest BCUT2D eigenvalue weighted by molar-refractivity contribution is -0.111. The van der Waals surface area contributed by atoms with Crippen LogP contribution in [0.5, 0.6) is 0 Å². The Hall–Kier alpha value is -1.45. The maximum absolute atomic E-state index is 10.9. The molecule has 98 valence electrons. The molecule has 1 saturated heterocycles. The fourth-order valence-electron chi connectivity index (χ4n) is 2.32. The van der Waals surface area contributed by atoms with Crippen LogP contribution in [0.3, 0.4) is 0 Å². The van der Waals surface area contributed by atoms with Gasteiger partial charge in [-0.25, -0.2) is 9.97 Å². The number of anilines is 1. The molecule has 1 atom stereocenters. The van der Waals surface area contributed by atoms with Crippen LogP contribution in [0.1, 0.15) is 44.0 Å². The number of hydrogen-bond donors (Lipinski definition) is 0. The molecular formula is C14H21N3O. The Labute approximate surface area is 108 Å². The Balaban J connectivity index is 2.24. The lowest BCUT2D eigenvalue weighted by Crippen LogP contribution is -2.37. The van der Waals surface area contributed by atoms with Crippen LogP contribution in [0.25, 0.3) is 0 Å². The van der Waals surface area contributed by atoms with Gasteiger partial charge in [0.15, 0.2) is 0 Å². The van der Waals surface area contributed by atoms with Crippen LogP contribution in [0.4, 0.5) is 5.95 Å². The van der Waals surface area contributed by atoms with Crippen LogP contribution in [0, 0.1) is 12.8 Å². The van der Waals surface area contributed by atoms with Gasteiger partial charge in [-0.05, 0) is 31.7 Å². The summed E-state index contributed by atoms with van der Waals surface area (Å²) in [5, 5.41) is 0. The smallest absolute Gasteiger partial charge is 0.225 e. The van der Waals surface area contributed by atoms with Gasteiger partial charge in [-0.3, -0.25) is 0 Å². The quantitative estimate of drug-likeness (QED) is 0.769. The molecule has 1 aromatic rings. The van der Waals surface area contributed by atoms with Gasteiger partial charge < -0.3 is 9.69 Å². The van der Waals surface area contributed by atoms with E-state index in [2.05, 4.69) is 28.7 Å². The van der Waals surface area contributed by atoms with Crippen molar-refractivity contribution < 1.29 is 4.79 Å². The highest BCUT2D eigenvalue weighted by Crippen LogP contribution is 2.21. The minimum Gasteiger partial charge on any atom is -0.340 e. The zero-order valence-electron chi connectivity index (χ0n) is 11.4. The first-order valence-corrected chi connectivity index (χ1v) is 6.66. The SMILES string of the molecule is Cc1cc(C(C)C)nc(N2CCCC(C=O)C2)n1. The van der Waals surface area contributed by atoms with Crippen molar-refractivity contribution in [2.75, 3.05) is 18.0 Å². The monoisotopic (exact) mass is 247 g/mol. The molecular weight excluding hydrogens is 226 g/mol. The molecule has 0 amide bonds. The highest BCUT2D eigenvalue weighted by molar-refractivity contribution is 5.55. The largest absolute Gasteiger partial charge is 0.340 e. The van der Waals surface area contributed by atoms with E-state index in [1.54, 1.807) is 0 Å². The second-order valence-electron chi connectivity index (χ2n) is 5.37. The van der Waals surface area contributed by atoms with Crippen LogP contribution in [0.2, 0.25) is 0 Å². The van der Waals surface area contributed by atoms with E-state index >= 15 is 0 Å². The molecule has 0 bridgehead atoms. The van der Waals surface area contributed by atoms with Crippen molar-refractivity contribution in [1.82, 2.24) is 9.97 Å². The first kappa shape index (κ1) is 13.0. The van der Waals surface area contributed by atoms with E-state index in [4.69, 9.17) is 0 Å². The van der Waals surface area contributed by atoms with Gasteiger partial charge in [-0.15, -0.1) is 0 Å². The number of aromatic nitrogens is 2. The molecule has 0 radical (unpaired) electrons. The van der Waals surface area contributed by atoms with Gasteiger partial charge >= 0.3 is 0 Å². The van der Waals surface area contributed by atoms with E-state index in [1.807, 2.05) is 13.0 Å². The number of rotatable bonds is 3. The molecule has 4 nitrogen and oxygen atoms in total. The van der Waals surface area contributed by atoms with E-state index in [1.165, 1.54) is 0 Å². The molecule has 2 rings (SSSR count). The molecule has 0 aliphatic carbocycles. The molecule has 4 heteroatoms. The number of carbonyl (C=O) groups excluding carboxylic acids is 1. The van der Waals surface area contributed by atoms with Gasteiger partial charge in [0.05, 0.1) is 0 Å². The second-order valence-corrected chi connectivity index (χ2v) is 5.37. The summed E-state index contributed by atoms with van der Waals surface area (Å²) in [4.78, 5) is 22.2. The third-order valence-corrected chi connectivity index (χ3v) is 3.39. The summed E-state index contributed by atoms with van der Waals surface area (Å²) in [6.45, 7) is 7.97. The van der Waals surface area contributed by atoms with Gasteiger partial charge in [0.25, 0.3) is 0 Å². The van der Waals surface area contributed by atoms with Crippen LogP contribution < -0.4 is 4.90 Å². The lowest BCUT2D eigenvalue weighted by Gasteiger charge is -2.30. The summed E-state index contributed by atoms with van der Waals surface area (Å²) in [5.74, 6) is 1.31. The number of carbonyl (C=O) groups is 1. The molecule has 18 heavy (non-hydrogen) atoms. The second kappa shape index (κ2) is 5.46. The summed E-state index contributed by atoms with van der Waals surface area (Å²) in [6, 6.07) is 2.04. The summed E-state index contributed by atoms with van der Waals surface area (Å²) >= 11 is 0. The van der Waals surface area contributed by atoms with Gasteiger partial charge in [0, 0.05) is 30.4 Å². The van der Waals surface area contributed by atoms with E-state index in [0.29, 0.717) is 5.92 Å². The zero-order valence-corrected chi connectivity index (χ0v) is 11.4. The normalized spacial score (nSPS) is 20.2. The van der Waals surface area contributed by atoms with Crippen LogP contribution in [0.15, 0.2) is 6.07 Å². The van der Waals surface area contributed by atoms with Crippen LogP contribution in [-0.2, 0) is 4.79 Å². The van der Waals surface area contributed by atoms with E-state index in [0.717, 1.165) is 49.6 Å². The van der Waals surface area contributed by atoms with Crippen molar-refractivity contribution in [3.05, 3.63) is 17.5 Å². The van der Waals surface area contributed by atoms with Crippen LogP contribution in [-0.4, -0.2) is 29.3 Å². The number of piperidine rings is 1. The number of aldehydes is 1. The predicted molar refractivity (Wildman–Crippen MR) is 71.9 cm³/mol. The lowest BCUT2D eigenvalue weighted by atomic mass is 10.00. The number of hydrogen-bond acceptors (Lipinski definition) is 4. The molecule has 0 spiro atoms. The minimum atomic E-state index is 0.130. The molecule has 1 unspecified atom stereocenters. The third-order valence-electron chi connectivity index (χ3n) is 3.39. The molecule has 0 aromatic carbocycles. The average Bonchev–Trinajstić information content (AvgIpc) is 2.38. The molecule has 0 saturated carbocycles. The summed E-state index contributed by atoms with van der Waals surface area (Å²) in [5.41, 5.74) is 2.07. The Morgan fingerprint density at radius 3 is 2.89 bits per heavy atom. The predicted octanol–water partition coefficient (Wildman–Crippen LogP) is 2.32. The number of nitrogens with zero attached hydrogens (tertiary/aromatic N) is 3. The van der Waals surface area contributed by atoms with Gasteiger partial charge in [0.2, 0.25) is 5.95 Å². The first-order valence-electron chi connectivity index (χ1n) is 6.66. The fraction of sp³-hybridized carbons (Fsp3) is 0.643. The molecule has 1 fully saturated rings. The Bertz CT molecular complexity index is 431.